The SMILES string of the molecule is NC(Cc1ccc(OCc2cccc(F)c2)cc1)C(=O)O. The molecule has 1 unspecified atom stereocenters. The van der Waals surface area contributed by atoms with Crippen molar-refractivity contribution in [3.05, 3.63) is 65.5 Å². The molecule has 2 aromatic rings. The summed E-state index contributed by atoms with van der Waals surface area (Å²) in [7, 11) is 0. The average molecular weight is 289 g/mol. The molecule has 2 aromatic carbocycles. The van der Waals surface area contributed by atoms with Crippen molar-refractivity contribution in [2.75, 3.05) is 0 Å². The number of halogens is 1. The van der Waals surface area contributed by atoms with Crippen LogP contribution in [0.5, 0.6) is 5.75 Å². The van der Waals surface area contributed by atoms with Gasteiger partial charge in [0.15, 0.2) is 0 Å². The number of hydrogen-bond donors (Lipinski definition) is 2. The molecule has 3 N–H and O–H groups in total. The van der Waals surface area contributed by atoms with E-state index in [1.807, 2.05) is 0 Å². The van der Waals surface area contributed by atoms with Gasteiger partial charge in [0.25, 0.3) is 0 Å². The molecule has 0 aliphatic carbocycles. The Bertz CT molecular complexity index is 613. The first-order valence-electron chi connectivity index (χ1n) is 6.49. The number of carbonyl (C=O) groups is 1. The van der Waals surface area contributed by atoms with Gasteiger partial charge in [-0.2, -0.15) is 0 Å². The fraction of sp³-hybridized carbons (Fsp3) is 0.188. The second-order valence-corrected chi connectivity index (χ2v) is 4.71. The Morgan fingerprint density at radius 2 is 1.90 bits per heavy atom. The fourth-order valence-corrected chi connectivity index (χ4v) is 1.86. The zero-order chi connectivity index (χ0) is 15.2. The van der Waals surface area contributed by atoms with Gasteiger partial charge < -0.3 is 15.6 Å². The molecule has 110 valence electrons. The first-order chi connectivity index (χ1) is 10.0. The lowest BCUT2D eigenvalue weighted by molar-refractivity contribution is -0.138. The molecule has 21 heavy (non-hydrogen) atoms. The van der Waals surface area contributed by atoms with E-state index in [9.17, 15) is 9.18 Å². The van der Waals surface area contributed by atoms with Gasteiger partial charge in [0.2, 0.25) is 0 Å². The van der Waals surface area contributed by atoms with E-state index in [1.54, 1.807) is 36.4 Å². The van der Waals surface area contributed by atoms with Crippen LogP contribution in [0.3, 0.4) is 0 Å². The van der Waals surface area contributed by atoms with Crippen LogP contribution in [0, 0.1) is 5.82 Å². The number of rotatable bonds is 6. The topological polar surface area (TPSA) is 72.5 Å². The minimum absolute atomic E-state index is 0.263. The van der Waals surface area contributed by atoms with Crippen LogP contribution in [0.1, 0.15) is 11.1 Å². The van der Waals surface area contributed by atoms with E-state index in [2.05, 4.69) is 0 Å². The Labute approximate surface area is 122 Å². The number of ether oxygens (including phenoxy) is 1. The highest BCUT2D eigenvalue weighted by Crippen LogP contribution is 2.15. The van der Waals surface area contributed by atoms with Gasteiger partial charge in [0.1, 0.15) is 24.2 Å². The Hall–Kier alpha value is -2.40. The van der Waals surface area contributed by atoms with E-state index >= 15 is 0 Å². The number of carboxylic acid groups (broad SMARTS) is 1. The number of nitrogens with two attached hydrogens (primary N) is 1. The van der Waals surface area contributed by atoms with Gasteiger partial charge in [-0.25, -0.2) is 4.39 Å². The van der Waals surface area contributed by atoms with Crippen molar-refractivity contribution in [1.82, 2.24) is 0 Å². The number of hydrogen-bond acceptors (Lipinski definition) is 3. The summed E-state index contributed by atoms with van der Waals surface area (Å²) in [5.41, 5.74) is 7.03. The van der Waals surface area contributed by atoms with Crippen LogP contribution in [0.25, 0.3) is 0 Å². The second-order valence-electron chi connectivity index (χ2n) is 4.71. The Morgan fingerprint density at radius 1 is 1.19 bits per heavy atom. The molecule has 0 amide bonds. The van der Waals surface area contributed by atoms with Crippen molar-refractivity contribution >= 4 is 5.97 Å². The molecule has 0 saturated heterocycles. The van der Waals surface area contributed by atoms with Crippen LogP contribution in [0.2, 0.25) is 0 Å². The smallest absolute Gasteiger partial charge is 0.320 e. The van der Waals surface area contributed by atoms with Gasteiger partial charge in [-0.15, -0.1) is 0 Å². The molecule has 1 atom stereocenters. The molecule has 0 aliphatic heterocycles. The first kappa shape index (κ1) is 15.0. The molecule has 0 saturated carbocycles. The lowest BCUT2D eigenvalue weighted by Crippen LogP contribution is -2.32. The molecular formula is C16H16FNO3. The minimum Gasteiger partial charge on any atom is -0.489 e. The van der Waals surface area contributed by atoms with E-state index in [-0.39, 0.29) is 18.8 Å². The summed E-state index contributed by atoms with van der Waals surface area (Å²) < 4.78 is 18.6. The van der Waals surface area contributed by atoms with Gasteiger partial charge in [0.05, 0.1) is 0 Å². The van der Waals surface area contributed by atoms with Crippen molar-refractivity contribution in [1.29, 1.82) is 0 Å². The third kappa shape index (κ3) is 4.57. The highest BCUT2D eigenvalue weighted by molar-refractivity contribution is 5.73. The molecule has 5 heteroatoms. The zero-order valence-corrected chi connectivity index (χ0v) is 11.3. The highest BCUT2D eigenvalue weighted by Gasteiger charge is 2.11. The Morgan fingerprint density at radius 3 is 2.52 bits per heavy atom. The second kappa shape index (κ2) is 6.85. The van der Waals surface area contributed by atoms with E-state index in [0.717, 1.165) is 11.1 Å². The van der Waals surface area contributed by atoms with Crippen LogP contribution in [-0.4, -0.2) is 17.1 Å². The zero-order valence-electron chi connectivity index (χ0n) is 11.3. The lowest BCUT2D eigenvalue weighted by Gasteiger charge is -2.09. The van der Waals surface area contributed by atoms with Crippen molar-refractivity contribution in [3.8, 4) is 5.75 Å². The van der Waals surface area contributed by atoms with Crippen LogP contribution >= 0.6 is 0 Å². The summed E-state index contributed by atoms with van der Waals surface area (Å²) in [5, 5.41) is 8.75. The highest BCUT2D eigenvalue weighted by atomic mass is 19.1. The van der Waals surface area contributed by atoms with E-state index < -0.39 is 12.0 Å². The summed E-state index contributed by atoms with van der Waals surface area (Å²) in [6, 6.07) is 12.3. The van der Waals surface area contributed by atoms with Crippen LogP contribution in [-0.2, 0) is 17.8 Å². The summed E-state index contributed by atoms with van der Waals surface area (Å²) in [6.07, 6.45) is 0.263. The number of benzene rings is 2. The maximum Gasteiger partial charge on any atom is 0.320 e. The third-order valence-corrected chi connectivity index (χ3v) is 2.99. The fourth-order valence-electron chi connectivity index (χ4n) is 1.86. The van der Waals surface area contributed by atoms with Gasteiger partial charge in [-0.05, 0) is 41.8 Å². The van der Waals surface area contributed by atoms with Gasteiger partial charge >= 0.3 is 5.97 Å². The van der Waals surface area contributed by atoms with Crippen molar-refractivity contribution in [2.45, 2.75) is 19.1 Å². The summed E-state index contributed by atoms with van der Waals surface area (Å²) in [6.45, 7) is 0.270. The molecule has 0 aliphatic rings. The van der Waals surface area contributed by atoms with Gasteiger partial charge in [-0.1, -0.05) is 24.3 Å². The molecular weight excluding hydrogens is 273 g/mol. The molecule has 0 spiro atoms. The molecule has 0 bridgehead atoms. The Balaban J connectivity index is 1.92. The molecule has 0 aromatic heterocycles. The van der Waals surface area contributed by atoms with Crippen molar-refractivity contribution in [2.24, 2.45) is 5.73 Å². The monoisotopic (exact) mass is 289 g/mol. The number of aliphatic carboxylic acids is 1. The predicted molar refractivity (Wildman–Crippen MR) is 76.5 cm³/mol. The van der Waals surface area contributed by atoms with E-state index in [1.165, 1.54) is 12.1 Å². The summed E-state index contributed by atoms with van der Waals surface area (Å²) in [5.74, 6) is -0.692. The maximum absolute atomic E-state index is 13.0. The molecule has 2 rings (SSSR count). The van der Waals surface area contributed by atoms with E-state index in [0.29, 0.717) is 5.75 Å². The standard InChI is InChI=1S/C16H16FNO3/c17-13-3-1-2-12(8-13)10-21-14-6-4-11(5-7-14)9-15(18)16(19)20/h1-8,15H,9-10,18H2,(H,19,20). The maximum atomic E-state index is 13.0. The summed E-state index contributed by atoms with van der Waals surface area (Å²) in [4.78, 5) is 10.7. The van der Waals surface area contributed by atoms with Crippen LogP contribution in [0.15, 0.2) is 48.5 Å². The van der Waals surface area contributed by atoms with Gasteiger partial charge in [0, 0.05) is 0 Å². The Kier molecular flexibility index (Phi) is 4.90. The first-order valence-corrected chi connectivity index (χ1v) is 6.49. The average Bonchev–Trinajstić information content (AvgIpc) is 2.46. The van der Waals surface area contributed by atoms with Crippen LogP contribution in [0.4, 0.5) is 4.39 Å². The normalized spacial score (nSPS) is 11.9. The molecule has 0 radical (unpaired) electrons. The predicted octanol–water partition coefficient (Wildman–Crippen LogP) is 2.36. The van der Waals surface area contributed by atoms with E-state index in [4.69, 9.17) is 15.6 Å². The van der Waals surface area contributed by atoms with Crippen molar-refractivity contribution < 1.29 is 19.0 Å². The number of carboxylic acids is 1. The summed E-state index contributed by atoms with van der Waals surface area (Å²) >= 11 is 0. The molecule has 0 fully saturated rings. The largest absolute Gasteiger partial charge is 0.489 e. The molecule has 4 nitrogen and oxygen atoms in total. The van der Waals surface area contributed by atoms with Gasteiger partial charge in [-0.3, -0.25) is 4.79 Å². The minimum atomic E-state index is -1.03. The molecule has 0 heterocycles. The van der Waals surface area contributed by atoms with Crippen LogP contribution < -0.4 is 10.5 Å². The van der Waals surface area contributed by atoms with Crippen molar-refractivity contribution in [3.63, 3.8) is 0 Å². The third-order valence-electron chi connectivity index (χ3n) is 2.99. The lowest BCUT2D eigenvalue weighted by atomic mass is 10.1. The quantitative estimate of drug-likeness (QED) is 0.856.